The number of likely N-dealkylation sites (tertiary alicyclic amines) is 1. The summed E-state index contributed by atoms with van der Waals surface area (Å²) in [6.07, 6.45) is 3.97. The molecule has 106 valence electrons. The fourth-order valence-electron chi connectivity index (χ4n) is 2.53. The second-order valence-corrected chi connectivity index (χ2v) is 6.07. The van der Waals surface area contributed by atoms with Crippen LogP contribution in [0.5, 0.6) is 0 Å². The molecular formula is C14H21Cl2N3. The van der Waals surface area contributed by atoms with Crippen molar-refractivity contribution in [1.29, 1.82) is 0 Å². The lowest BCUT2D eigenvalue weighted by molar-refractivity contribution is 0.223. The van der Waals surface area contributed by atoms with Crippen LogP contribution in [-0.4, -0.2) is 30.6 Å². The summed E-state index contributed by atoms with van der Waals surface area (Å²) >= 11 is 12.0. The van der Waals surface area contributed by atoms with E-state index in [1.54, 1.807) is 12.1 Å². The standard InChI is InChI=1S/C14H21Cl2N3/c1-10(9-19-5-3-2-4-6-19)18-14-8-12(16)11(15)7-13(14)17/h7-8,10,18H,2-6,9,17H2,1H3. The predicted octanol–water partition coefficient (Wildman–Crippen LogP) is 3.86. The number of rotatable bonds is 4. The summed E-state index contributed by atoms with van der Waals surface area (Å²) in [6, 6.07) is 3.82. The molecule has 1 unspecified atom stereocenters. The van der Waals surface area contributed by atoms with E-state index < -0.39 is 0 Å². The Morgan fingerprint density at radius 2 is 1.84 bits per heavy atom. The van der Waals surface area contributed by atoms with Gasteiger partial charge in [0.2, 0.25) is 0 Å². The largest absolute Gasteiger partial charge is 0.397 e. The van der Waals surface area contributed by atoms with Crippen molar-refractivity contribution in [2.45, 2.75) is 32.2 Å². The van der Waals surface area contributed by atoms with Crippen molar-refractivity contribution in [2.24, 2.45) is 0 Å². The molecule has 1 atom stereocenters. The zero-order valence-corrected chi connectivity index (χ0v) is 12.8. The Kier molecular flexibility index (Phi) is 5.20. The number of benzene rings is 1. The first-order valence-corrected chi connectivity index (χ1v) is 7.55. The number of anilines is 2. The number of hydrogen-bond donors (Lipinski definition) is 2. The molecule has 5 heteroatoms. The third-order valence-electron chi connectivity index (χ3n) is 3.48. The smallest absolute Gasteiger partial charge is 0.0614 e. The summed E-state index contributed by atoms with van der Waals surface area (Å²) in [5.41, 5.74) is 7.45. The quantitative estimate of drug-likeness (QED) is 0.830. The lowest BCUT2D eigenvalue weighted by atomic mass is 10.1. The van der Waals surface area contributed by atoms with Crippen molar-refractivity contribution in [3.8, 4) is 0 Å². The van der Waals surface area contributed by atoms with Crippen LogP contribution in [0, 0.1) is 0 Å². The van der Waals surface area contributed by atoms with Crippen LogP contribution < -0.4 is 11.1 Å². The molecule has 3 N–H and O–H groups in total. The van der Waals surface area contributed by atoms with E-state index in [0.29, 0.717) is 21.8 Å². The molecular weight excluding hydrogens is 281 g/mol. The molecule has 0 radical (unpaired) electrons. The molecule has 0 amide bonds. The first kappa shape index (κ1) is 14.8. The van der Waals surface area contributed by atoms with Crippen LogP contribution in [0.2, 0.25) is 10.0 Å². The van der Waals surface area contributed by atoms with Gasteiger partial charge < -0.3 is 16.0 Å². The number of hydrogen-bond acceptors (Lipinski definition) is 3. The van der Waals surface area contributed by atoms with Gasteiger partial charge in [0, 0.05) is 12.6 Å². The second-order valence-electron chi connectivity index (χ2n) is 5.26. The molecule has 1 fully saturated rings. The van der Waals surface area contributed by atoms with Crippen LogP contribution >= 0.6 is 23.2 Å². The highest BCUT2D eigenvalue weighted by molar-refractivity contribution is 6.42. The monoisotopic (exact) mass is 301 g/mol. The Balaban J connectivity index is 1.94. The van der Waals surface area contributed by atoms with Gasteiger partial charge in [-0.1, -0.05) is 29.6 Å². The molecule has 1 aromatic carbocycles. The summed E-state index contributed by atoms with van der Waals surface area (Å²) < 4.78 is 0. The van der Waals surface area contributed by atoms with E-state index in [4.69, 9.17) is 28.9 Å². The minimum atomic E-state index is 0.331. The summed E-state index contributed by atoms with van der Waals surface area (Å²) in [7, 11) is 0. The minimum absolute atomic E-state index is 0.331. The molecule has 0 bridgehead atoms. The number of halogens is 2. The van der Waals surface area contributed by atoms with Gasteiger partial charge in [-0.25, -0.2) is 0 Å². The van der Waals surface area contributed by atoms with E-state index in [9.17, 15) is 0 Å². The van der Waals surface area contributed by atoms with Gasteiger partial charge >= 0.3 is 0 Å². The van der Waals surface area contributed by atoms with Crippen molar-refractivity contribution in [3.05, 3.63) is 22.2 Å². The van der Waals surface area contributed by atoms with Gasteiger partial charge in [0.1, 0.15) is 0 Å². The maximum atomic E-state index is 6.02. The summed E-state index contributed by atoms with van der Waals surface area (Å²) in [5, 5.41) is 4.44. The number of nitrogens with one attached hydrogen (secondary N) is 1. The third kappa shape index (κ3) is 4.16. The topological polar surface area (TPSA) is 41.3 Å². The predicted molar refractivity (Wildman–Crippen MR) is 84.3 cm³/mol. The number of nitrogens with two attached hydrogens (primary N) is 1. The van der Waals surface area contributed by atoms with Crippen molar-refractivity contribution >= 4 is 34.6 Å². The zero-order chi connectivity index (χ0) is 13.8. The molecule has 1 aliphatic rings. The Hall–Kier alpha value is -0.640. The zero-order valence-electron chi connectivity index (χ0n) is 11.3. The molecule has 1 saturated heterocycles. The number of nitrogens with zero attached hydrogens (tertiary/aromatic N) is 1. The fourth-order valence-corrected chi connectivity index (χ4v) is 2.86. The molecule has 1 aliphatic heterocycles. The highest BCUT2D eigenvalue weighted by Crippen LogP contribution is 2.31. The maximum absolute atomic E-state index is 6.02. The average Bonchev–Trinajstić information content (AvgIpc) is 2.37. The lowest BCUT2D eigenvalue weighted by Gasteiger charge is -2.30. The molecule has 1 aromatic rings. The second kappa shape index (κ2) is 6.69. The van der Waals surface area contributed by atoms with Crippen molar-refractivity contribution in [3.63, 3.8) is 0 Å². The van der Waals surface area contributed by atoms with E-state index in [2.05, 4.69) is 17.1 Å². The summed E-state index contributed by atoms with van der Waals surface area (Å²) in [6.45, 7) is 5.59. The van der Waals surface area contributed by atoms with Crippen molar-refractivity contribution in [2.75, 3.05) is 30.7 Å². The van der Waals surface area contributed by atoms with E-state index in [-0.39, 0.29) is 0 Å². The molecule has 19 heavy (non-hydrogen) atoms. The minimum Gasteiger partial charge on any atom is -0.397 e. The molecule has 0 spiro atoms. The Labute approximate surface area is 125 Å². The van der Waals surface area contributed by atoms with Crippen LogP contribution in [-0.2, 0) is 0 Å². The Bertz CT molecular complexity index is 431. The van der Waals surface area contributed by atoms with E-state index in [1.165, 1.54) is 32.4 Å². The van der Waals surface area contributed by atoms with Gasteiger partial charge in [0.25, 0.3) is 0 Å². The average molecular weight is 302 g/mol. The normalized spacial score (nSPS) is 18.3. The Morgan fingerprint density at radius 3 is 2.53 bits per heavy atom. The van der Waals surface area contributed by atoms with E-state index >= 15 is 0 Å². The maximum Gasteiger partial charge on any atom is 0.0614 e. The molecule has 0 aromatic heterocycles. The first-order chi connectivity index (χ1) is 9.06. The van der Waals surface area contributed by atoms with Gasteiger partial charge in [-0.15, -0.1) is 0 Å². The van der Waals surface area contributed by atoms with Crippen LogP contribution in [0.4, 0.5) is 11.4 Å². The van der Waals surface area contributed by atoms with E-state index in [1.807, 2.05) is 0 Å². The van der Waals surface area contributed by atoms with Gasteiger partial charge in [-0.05, 0) is 45.0 Å². The van der Waals surface area contributed by atoms with Crippen LogP contribution in [0.15, 0.2) is 12.1 Å². The SMILES string of the molecule is CC(CN1CCCCC1)Nc1cc(Cl)c(Cl)cc1N. The molecule has 0 saturated carbocycles. The highest BCUT2D eigenvalue weighted by Gasteiger charge is 2.14. The van der Waals surface area contributed by atoms with Crippen LogP contribution in [0.3, 0.4) is 0 Å². The molecule has 0 aliphatic carbocycles. The molecule has 1 heterocycles. The molecule has 3 nitrogen and oxygen atoms in total. The van der Waals surface area contributed by atoms with Gasteiger partial charge in [0.15, 0.2) is 0 Å². The lowest BCUT2D eigenvalue weighted by Crippen LogP contribution is -2.38. The van der Waals surface area contributed by atoms with Gasteiger partial charge in [-0.3, -0.25) is 0 Å². The number of piperidine rings is 1. The van der Waals surface area contributed by atoms with Crippen molar-refractivity contribution < 1.29 is 0 Å². The first-order valence-electron chi connectivity index (χ1n) is 6.79. The van der Waals surface area contributed by atoms with Crippen LogP contribution in [0.1, 0.15) is 26.2 Å². The summed E-state index contributed by atoms with van der Waals surface area (Å²) in [5.74, 6) is 0. The van der Waals surface area contributed by atoms with Crippen molar-refractivity contribution in [1.82, 2.24) is 4.90 Å². The third-order valence-corrected chi connectivity index (χ3v) is 4.20. The van der Waals surface area contributed by atoms with Gasteiger partial charge in [-0.2, -0.15) is 0 Å². The summed E-state index contributed by atoms with van der Waals surface area (Å²) in [4.78, 5) is 2.49. The van der Waals surface area contributed by atoms with E-state index in [0.717, 1.165) is 12.2 Å². The highest BCUT2D eigenvalue weighted by atomic mass is 35.5. The Morgan fingerprint density at radius 1 is 1.21 bits per heavy atom. The fraction of sp³-hybridized carbons (Fsp3) is 0.571. The number of nitrogen functional groups attached to an aromatic ring is 1. The molecule has 2 rings (SSSR count). The van der Waals surface area contributed by atoms with Crippen LogP contribution in [0.25, 0.3) is 0 Å². The van der Waals surface area contributed by atoms with Gasteiger partial charge in [0.05, 0.1) is 21.4 Å².